The second kappa shape index (κ2) is 8.43. The summed E-state index contributed by atoms with van der Waals surface area (Å²) in [6.45, 7) is 10.2. The third kappa shape index (κ3) is 6.06. The highest BCUT2D eigenvalue weighted by molar-refractivity contribution is 5.24. The molecule has 1 rings (SSSR count). The fourth-order valence-corrected chi connectivity index (χ4v) is 2.70. The molecule has 0 spiro atoms. The molecule has 2 heteroatoms. The third-order valence-electron chi connectivity index (χ3n) is 3.72. The molecule has 0 aromatic heterocycles. The Morgan fingerprint density at radius 3 is 2.10 bits per heavy atom. The highest BCUT2D eigenvalue weighted by Gasteiger charge is 2.15. The minimum absolute atomic E-state index is 0.407. The van der Waals surface area contributed by atoms with Crippen molar-refractivity contribution in [2.24, 2.45) is 5.92 Å². The van der Waals surface area contributed by atoms with Gasteiger partial charge in [-0.2, -0.15) is 0 Å². The highest BCUT2D eigenvalue weighted by Crippen LogP contribution is 2.16. The minimum atomic E-state index is 0.407. The van der Waals surface area contributed by atoms with Crippen LogP contribution in [0.5, 0.6) is 0 Å². The molecule has 114 valence electrons. The number of benzene rings is 1. The summed E-state index contributed by atoms with van der Waals surface area (Å²) in [5.74, 6) is 0.724. The SMILES string of the molecule is CCc1ccc(C(C)NC(CC(C)C)CN(C)C)cc1. The van der Waals surface area contributed by atoms with Gasteiger partial charge in [0.25, 0.3) is 0 Å². The van der Waals surface area contributed by atoms with Gasteiger partial charge < -0.3 is 10.2 Å². The molecule has 0 heterocycles. The number of hydrogen-bond acceptors (Lipinski definition) is 2. The zero-order valence-corrected chi connectivity index (χ0v) is 14.1. The maximum Gasteiger partial charge on any atom is 0.0294 e. The van der Waals surface area contributed by atoms with E-state index in [9.17, 15) is 0 Å². The van der Waals surface area contributed by atoms with Gasteiger partial charge >= 0.3 is 0 Å². The molecule has 0 aliphatic heterocycles. The summed E-state index contributed by atoms with van der Waals surface area (Å²) in [6, 6.07) is 9.97. The van der Waals surface area contributed by atoms with Gasteiger partial charge in [-0.25, -0.2) is 0 Å². The van der Waals surface area contributed by atoms with E-state index in [0.29, 0.717) is 12.1 Å². The predicted octanol–water partition coefficient (Wildman–Crippen LogP) is 3.88. The van der Waals surface area contributed by atoms with Gasteiger partial charge in [0.05, 0.1) is 0 Å². The van der Waals surface area contributed by atoms with Crippen LogP contribution in [-0.2, 0) is 6.42 Å². The van der Waals surface area contributed by atoms with Crippen LogP contribution in [0.15, 0.2) is 24.3 Å². The standard InChI is InChI=1S/C18H32N2/c1-7-16-8-10-17(11-9-16)15(4)19-18(12-14(2)3)13-20(5)6/h8-11,14-15,18-19H,7,12-13H2,1-6H3. The number of hydrogen-bond donors (Lipinski definition) is 1. The smallest absolute Gasteiger partial charge is 0.0294 e. The number of likely N-dealkylation sites (N-methyl/N-ethyl adjacent to an activating group) is 1. The van der Waals surface area contributed by atoms with Crippen molar-refractivity contribution in [1.29, 1.82) is 0 Å². The van der Waals surface area contributed by atoms with E-state index in [2.05, 4.69) is 76.3 Å². The lowest BCUT2D eigenvalue weighted by Crippen LogP contribution is -2.40. The minimum Gasteiger partial charge on any atom is -0.308 e. The predicted molar refractivity (Wildman–Crippen MR) is 89.2 cm³/mol. The molecule has 0 aliphatic rings. The molecule has 2 unspecified atom stereocenters. The van der Waals surface area contributed by atoms with E-state index in [1.165, 1.54) is 17.5 Å². The topological polar surface area (TPSA) is 15.3 Å². The fourth-order valence-electron chi connectivity index (χ4n) is 2.70. The monoisotopic (exact) mass is 276 g/mol. The van der Waals surface area contributed by atoms with E-state index in [1.807, 2.05) is 0 Å². The van der Waals surface area contributed by atoms with Gasteiger partial charge in [-0.15, -0.1) is 0 Å². The number of aryl methyl sites for hydroxylation is 1. The molecule has 2 atom stereocenters. The zero-order valence-electron chi connectivity index (χ0n) is 14.1. The molecule has 0 bridgehead atoms. The van der Waals surface area contributed by atoms with Gasteiger partial charge in [-0.05, 0) is 50.9 Å². The molecule has 0 saturated carbocycles. The molecule has 0 aliphatic carbocycles. The van der Waals surface area contributed by atoms with Gasteiger partial charge in [-0.3, -0.25) is 0 Å². The molecule has 0 saturated heterocycles. The first-order valence-electron chi connectivity index (χ1n) is 7.92. The van der Waals surface area contributed by atoms with E-state index in [1.54, 1.807) is 0 Å². The summed E-state index contributed by atoms with van der Waals surface area (Å²) in [7, 11) is 4.30. The highest BCUT2D eigenvalue weighted by atomic mass is 15.1. The van der Waals surface area contributed by atoms with Crippen molar-refractivity contribution >= 4 is 0 Å². The summed E-state index contributed by atoms with van der Waals surface area (Å²) < 4.78 is 0. The Morgan fingerprint density at radius 1 is 1.05 bits per heavy atom. The molecule has 0 fully saturated rings. The Morgan fingerprint density at radius 2 is 1.65 bits per heavy atom. The Bertz CT molecular complexity index is 358. The molecule has 0 amide bonds. The van der Waals surface area contributed by atoms with E-state index in [4.69, 9.17) is 0 Å². The quantitative estimate of drug-likeness (QED) is 0.775. The first-order valence-corrected chi connectivity index (χ1v) is 7.92. The number of nitrogens with one attached hydrogen (secondary N) is 1. The van der Waals surface area contributed by atoms with E-state index in [-0.39, 0.29) is 0 Å². The van der Waals surface area contributed by atoms with Crippen LogP contribution in [-0.4, -0.2) is 31.6 Å². The van der Waals surface area contributed by atoms with Crippen LogP contribution in [0.2, 0.25) is 0 Å². The molecule has 2 nitrogen and oxygen atoms in total. The van der Waals surface area contributed by atoms with Crippen molar-refractivity contribution < 1.29 is 0 Å². The van der Waals surface area contributed by atoms with Crippen LogP contribution in [0.4, 0.5) is 0 Å². The first-order chi connectivity index (χ1) is 9.42. The Kier molecular flexibility index (Phi) is 7.25. The van der Waals surface area contributed by atoms with Crippen molar-refractivity contribution in [2.45, 2.75) is 52.6 Å². The lowest BCUT2D eigenvalue weighted by Gasteiger charge is -2.27. The molecule has 1 aromatic rings. The zero-order chi connectivity index (χ0) is 15.1. The van der Waals surface area contributed by atoms with Gasteiger partial charge in [0.2, 0.25) is 0 Å². The van der Waals surface area contributed by atoms with Crippen molar-refractivity contribution in [3.8, 4) is 0 Å². The average Bonchev–Trinajstić information content (AvgIpc) is 2.37. The summed E-state index contributed by atoms with van der Waals surface area (Å²) in [5.41, 5.74) is 2.79. The Balaban J connectivity index is 2.65. The summed E-state index contributed by atoms with van der Waals surface area (Å²) in [4.78, 5) is 2.27. The van der Waals surface area contributed by atoms with Crippen LogP contribution in [0, 0.1) is 5.92 Å². The molecule has 20 heavy (non-hydrogen) atoms. The Labute approximate surface area is 125 Å². The lowest BCUT2D eigenvalue weighted by atomic mass is 10.00. The summed E-state index contributed by atoms with van der Waals surface area (Å²) in [5, 5.41) is 3.79. The first kappa shape index (κ1) is 17.2. The van der Waals surface area contributed by atoms with Crippen molar-refractivity contribution in [3.63, 3.8) is 0 Å². The molecule has 1 N–H and O–H groups in total. The number of rotatable bonds is 8. The van der Waals surface area contributed by atoms with Gasteiger partial charge in [0.1, 0.15) is 0 Å². The second-order valence-electron chi connectivity index (χ2n) is 6.57. The van der Waals surface area contributed by atoms with Crippen molar-refractivity contribution in [2.75, 3.05) is 20.6 Å². The van der Waals surface area contributed by atoms with Gasteiger partial charge in [0.15, 0.2) is 0 Å². The molecule has 0 radical (unpaired) electrons. The summed E-state index contributed by atoms with van der Waals surface area (Å²) >= 11 is 0. The van der Waals surface area contributed by atoms with Gasteiger partial charge in [-0.1, -0.05) is 45.0 Å². The van der Waals surface area contributed by atoms with Gasteiger partial charge in [0, 0.05) is 18.6 Å². The van der Waals surface area contributed by atoms with Crippen molar-refractivity contribution in [1.82, 2.24) is 10.2 Å². The maximum absolute atomic E-state index is 3.79. The fraction of sp³-hybridized carbons (Fsp3) is 0.667. The Hall–Kier alpha value is -0.860. The van der Waals surface area contributed by atoms with Crippen molar-refractivity contribution in [3.05, 3.63) is 35.4 Å². The number of nitrogens with zero attached hydrogens (tertiary/aromatic N) is 1. The lowest BCUT2D eigenvalue weighted by molar-refractivity contribution is 0.291. The summed E-state index contributed by atoms with van der Waals surface area (Å²) in [6.07, 6.45) is 2.33. The van der Waals surface area contributed by atoms with Crippen LogP contribution >= 0.6 is 0 Å². The van der Waals surface area contributed by atoms with Crippen LogP contribution in [0.3, 0.4) is 0 Å². The van der Waals surface area contributed by atoms with E-state index < -0.39 is 0 Å². The van der Waals surface area contributed by atoms with Crippen LogP contribution in [0.25, 0.3) is 0 Å². The maximum atomic E-state index is 3.79. The average molecular weight is 276 g/mol. The second-order valence-corrected chi connectivity index (χ2v) is 6.57. The van der Waals surface area contributed by atoms with Crippen LogP contribution < -0.4 is 5.32 Å². The van der Waals surface area contributed by atoms with E-state index in [0.717, 1.165) is 18.9 Å². The third-order valence-corrected chi connectivity index (χ3v) is 3.72. The van der Waals surface area contributed by atoms with E-state index >= 15 is 0 Å². The molecular weight excluding hydrogens is 244 g/mol. The van der Waals surface area contributed by atoms with Crippen LogP contribution in [0.1, 0.15) is 51.3 Å². The molecular formula is C18H32N2. The normalized spacial score (nSPS) is 14.8. The largest absolute Gasteiger partial charge is 0.308 e. The molecule has 1 aromatic carbocycles.